The Morgan fingerprint density at radius 2 is 2.04 bits per heavy atom. The van der Waals surface area contributed by atoms with Crippen LogP contribution in [0.4, 0.5) is 5.82 Å². The van der Waals surface area contributed by atoms with Crippen LogP contribution in [0.3, 0.4) is 0 Å². The SMILES string of the molecule is Cc1nc(-c2cccc(Br)c2)ccc1C(=O)Nc1ccnn1CC(C)C. The minimum Gasteiger partial charge on any atom is -0.307 e. The summed E-state index contributed by atoms with van der Waals surface area (Å²) in [6.45, 7) is 6.83. The lowest BCUT2D eigenvalue weighted by atomic mass is 10.1. The van der Waals surface area contributed by atoms with Crippen LogP contribution in [0.1, 0.15) is 29.9 Å². The van der Waals surface area contributed by atoms with Crippen LogP contribution in [-0.4, -0.2) is 20.7 Å². The van der Waals surface area contributed by atoms with Gasteiger partial charge < -0.3 is 5.32 Å². The van der Waals surface area contributed by atoms with Gasteiger partial charge >= 0.3 is 0 Å². The predicted octanol–water partition coefficient (Wildman–Crippen LogP) is 4.92. The molecule has 6 heteroatoms. The molecule has 0 atom stereocenters. The fourth-order valence-corrected chi connectivity index (χ4v) is 3.12. The van der Waals surface area contributed by atoms with Crippen molar-refractivity contribution in [1.82, 2.24) is 14.8 Å². The van der Waals surface area contributed by atoms with E-state index in [9.17, 15) is 4.79 Å². The number of amides is 1. The Kier molecular flexibility index (Phi) is 5.52. The third kappa shape index (κ3) is 4.19. The summed E-state index contributed by atoms with van der Waals surface area (Å²) in [7, 11) is 0. The first-order chi connectivity index (χ1) is 12.4. The third-order valence-corrected chi connectivity index (χ3v) is 4.44. The second-order valence-corrected chi connectivity index (χ2v) is 7.50. The van der Waals surface area contributed by atoms with Crippen LogP contribution >= 0.6 is 15.9 Å². The van der Waals surface area contributed by atoms with Crippen LogP contribution in [0.5, 0.6) is 0 Å². The molecule has 1 N–H and O–H groups in total. The second-order valence-electron chi connectivity index (χ2n) is 6.59. The first-order valence-electron chi connectivity index (χ1n) is 8.51. The van der Waals surface area contributed by atoms with Gasteiger partial charge in [0.1, 0.15) is 5.82 Å². The molecule has 5 nitrogen and oxygen atoms in total. The van der Waals surface area contributed by atoms with Crippen LogP contribution in [0.15, 0.2) is 53.1 Å². The van der Waals surface area contributed by atoms with Gasteiger partial charge in [-0.1, -0.05) is 41.9 Å². The lowest BCUT2D eigenvalue weighted by Crippen LogP contribution is -2.18. The number of halogens is 1. The van der Waals surface area contributed by atoms with Crippen molar-refractivity contribution in [2.45, 2.75) is 27.3 Å². The highest BCUT2D eigenvalue weighted by Crippen LogP contribution is 2.23. The molecular weight excluding hydrogens is 392 g/mol. The Morgan fingerprint density at radius 1 is 1.23 bits per heavy atom. The standard InChI is InChI=1S/C20H21BrN4O/c1-13(2)12-25-19(9-10-22-25)24-20(26)17-7-8-18(23-14(17)3)15-5-4-6-16(21)11-15/h4-11,13H,12H2,1-3H3,(H,24,26). The molecule has 0 unspecified atom stereocenters. The van der Waals surface area contributed by atoms with Gasteiger partial charge in [-0.15, -0.1) is 0 Å². The monoisotopic (exact) mass is 412 g/mol. The van der Waals surface area contributed by atoms with Crippen molar-refractivity contribution in [3.8, 4) is 11.3 Å². The van der Waals surface area contributed by atoms with E-state index >= 15 is 0 Å². The maximum atomic E-state index is 12.7. The maximum Gasteiger partial charge on any atom is 0.258 e. The fourth-order valence-electron chi connectivity index (χ4n) is 2.72. The maximum absolute atomic E-state index is 12.7. The van der Waals surface area contributed by atoms with Crippen molar-refractivity contribution in [2.75, 3.05) is 5.32 Å². The van der Waals surface area contributed by atoms with Crippen LogP contribution in [0.25, 0.3) is 11.3 Å². The largest absolute Gasteiger partial charge is 0.307 e. The number of hydrogen-bond acceptors (Lipinski definition) is 3. The number of rotatable bonds is 5. The van der Waals surface area contributed by atoms with Gasteiger partial charge in [-0.05, 0) is 37.1 Å². The van der Waals surface area contributed by atoms with Crippen LogP contribution in [-0.2, 0) is 6.54 Å². The third-order valence-electron chi connectivity index (χ3n) is 3.95. The molecule has 1 aromatic carbocycles. The zero-order valence-electron chi connectivity index (χ0n) is 15.0. The number of pyridine rings is 1. The molecule has 3 rings (SSSR count). The number of aryl methyl sites for hydroxylation is 1. The van der Waals surface area contributed by atoms with Gasteiger partial charge in [0.25, 0.3) is 5.91 Å². The molecule has 0 fully saturated rings. The Labute approximate surface area is 161 Å². The Hall–Kier alpha value is -2.47. The van der Waals surface area contributed by atoms with Crippen molar-refractivity contribution in [1.29, 1.82) is 0 Å². The second kappa shape index (κ2) is 7.83. The van der Waals surface area contributed by atoms with E-state index in [1.54, 1.807) is 16.9 Å². The summed E-state index contributed by atoms with van der Waals surface area (Å²) in [6, 6.07) is 13.4. The minimum absolute atomic E-state index is 0.179. The zero-order chi connectivity index (χ0) is 18.7. The summed E-state index contributed by atoms with van der Waals surface area (Å²) in [5.41, 5.74) is 3.09. The number of nitrogens with zero attached hydrogens (tertiary/aromatic N) is 3. The number of benzene rings is 1. The predicted molar refractivity (Wildman–Crippen MR) is 107 cm³/mol. The molecule has 0 spiro atoms. The molecule has 3 aromatic rings. The van der Waals surface area contributed by atoms with Crippen molar-refractivity contribution >= 4 is 27.7 Å². The lowest BCUT2D eigenvalue weighted by molar-refractivity contribution is 0.102. The number of carbonyl (C=O) groups excluding carboxylic acids is 1. The first-order valence-corrected chi connectivity index (χ1v) is 9.30. The fraction of sp³-hybridized carbons (Fsp3) is 0.250. The average molecular weight is 413 g/mol. The highest BCUT2D eigenvalue weighted by molar-refractivity contribution is 9.10. The number of nitrogens with one attached hydrogen (secondary N) is 1. The molecular formula is C20H21BrN4O. The summed E-state index contributed by atoms with van der Waals surface area (Å²) in [5, 5.41) is 7.20. The summed E-state index contributed by atoms with van der Waals surface area (Å²) in [5.74, 6) is 0.957. The first kappa shape index (κ1) is 18.3. The van der Waals surface area contributed by atoms with E-state index in [1.807, 2.05) is 43.3 Å². The molecule has 1 amide bonds. The summed E-state index contributed by atoms with van der Waals surface area (Å²) in [4.78, 5) is 17.3. The van der Waals surface area contributed by atoms with Gasteiger partial charge in [-0.2, -0.15) is 5.10 Å². The average Bonchev–Trinajstić information content (AvgIpc) is 3.00. The van der Waals surface area contributed by atoms with E-state index < -0.39 is 0 Å². The van der Waals surface area contributed by atoms with Gasteiger partial charge in [0, 0.05) is 22.6 Å². The van der Waals surface area contributed by atoms with Crippen LogP contribution in [0, 0.1) is 12.8 Å². The summed E-state index contributed by atoms with van der Waals surface area (Å²) in [6.07, 6.45) is 1.69. The molecule has 0 saturated carbocycles. The molecule has 0 saturated heterocycles. The number of aromatic nitrogens is 3. The van der Waals surface area contributed by atoms with E-state index in [0.29, 0.717) is 23.0 Å². The molecule has 0 radical (unpaired) electrons. The number of anilines is 1. The Balaban J connectivity index is 1.81. The molecule has 0 aliphatic carbocycles. The van der Waals surface area contributed by atoms with Gasteiger partial charge in [0.2, 0.25) is 0 Å². The lowest BCUT2D eigenvalue weighted by Gasteiger charge is -2.12. The van der Waals surface area contributed by atoms with E-state index in [1.165, 1.54) is 0 Å². The molecule has 0 bridgehead atoms. The van der Waals surface area contributed by atoms with E-state index in [2.05, 4.69) is 45.2 Å². The summed E-state index contributed by atoms with van der Waals surface area (Å²) >= 11 is 3.47. The quantitative estimate of drug-likeness (QED) is 0.646. The van der Waals surface area contributed by atoms with Crippen LogP contribution < -0.4 is 5.32 Å². The van der Waals surface area contributed by atoms with E-state index in [4.69, 9.17) is 0 Å². The minimum atomic E-state index is -0.179. The summed E-state index contributed by atoms with van der Waals surface area (Å²) < 4.78 is 2.80. The van der Waals surface area contributed by atoms with Crippen molar-refractivity contribution in [3.05, 3.63) is 64.4 Å². The number of carbonyl (C=O) groups is 1. The Bertz CT molecular complexity index is 933. The number of hydrogen-bond donors (Lipinski definition) is 1. The Morgan fingerprint density at radius 3 is 2.73 bits per heavy atom. The molecule has 0 aliphatic heterocycles. The van der Waals surface area contributed by atoms with Gasteiger partial charge in [0.05, 0.1) is 23.1 Å². The van der Waals surface area contributed by atoms with Gasteiger partial charge in [-0.25, -0.2) is 4.68 Å². The highest BCUT2D eigenvalue weighted by atomic mass is 79.9. The molecule has 2 heterocycles. The highest BCUT2D eigenvalue weighted by Gasteiger charge is 2.14. The smallest absolute Gasteiger partial charge is 0.258 e. The molecule has 26 heavy (non-hydrogen) atoms. The van der Waals surface area contributed by atoms with E-state index in [-0.39, 0.29) is 5.91 Å². The topological polar surface area (TPSA) is 59.8 Å². The van der Waals surface area contributed by atoms with Crippen molar-refractivity contribution in [3.63, 3.8) is 0 Å². The molecule has 134 valence electrons. The van der Waals surface area contributed by atoms with Crippen LogP contribution in [0.2, 0.25) is 0 Å². The van der Waals surface area contributed by atoms with Gasteiger partial charge in [-0.3, -0.25) is 9.78 Å². The van der Waals surface area contributed by atoms with Gasteiger partial charge in [0.15, 0.2) is 0 Å². The van der Waals surface area contributed by atoms with Crippen molar-refractivity contribution in [2.24, 2.45) is 5.92 Å². The molecule has 2 aromatic heterocycles. The normalized spacial score (nSPS) is 11.0. The van der Waals surface area contributed by atoms with Crippen molar-refractivity contribution < 1.29 is 4.79 Å². The zero-order valence-corrected chi connectivity index (χ0v) is 16.6. The van der Waals surface area contributed by atoms with E-state index in [0.717, 1.165) is 22.3 Å². The molecule has 0 aliphatic rings.